The first kappa shape index (κ1) is 14.8. The summed E-state index contributed by atoms with van der Waals surface area (Å²) in [6, 6.07) is 0. The number of rotatable bonds is 1. The summed E-state index contributed by atoms with van der Waals surface area (Å²) in [5.41, 5.74) is -6.09. The first-order chi connectivity index (χ1) is 7.29. The lowest BCUT2D eigenvalue weighted by atomic mass is 9.64. The van der Waals surface area contributed by atoms with Crippen LogP contribution >= 0.6 is 0 Å². The van der Waals surface area contributed by atoms with E-state index in [1.165, 1.54) is 34.6 Å². The molecule has 1 saturated heterocycles. The smallest absolute Gasteiger partial charge is 0.195 e. The normalized spacial score (nSPS) is 57.9. The van der Waals surface area contributed by atoms with Crippen LogP contribution in [-0.4, -0.2) is 60.3 Å². The van der Waals surface area contributed by atoms with Crippen molar-refractivity contribution in [2.45, 2.75) is 69.4 Å². The maximum atomic E-state index is 10.3. The Hall–Kier alpha value is -0.240. The average Bonchev–Trinajstić information content (AvgIpc) is 2.11. The van der Waals surface area contributed by atoms with Crippen molar-refractivity contribution in [2.75, 3.05) is 0 Å². The van der Waals surface area contributed by atoms with Gasteiger partial charge in [-0.2, -0.15) is 0 Å². The Morgan fingerprint density at radius 3 is 1.71 bits per heavy atom. The van der Waals surface area contributed by atoms with Gasteiger partial charge in [-0.3, -0.25) is 0 Å². The number of aliphatic hydroxyl groups excluding tert-OH is 1. The molecule has 1 heterocycles. The topological polar surface area (TPSA) is 110 Å². The molecule has 0 radical (unpaired) electrons. The molecule has 1 aliphatic heterocycles. The van der Waals surface area contributed by atoms with Gasteiger partial charge in [0, 0.05) is 0 Å². The molecule has 6 heteroatoms. The van der Waals surface area contributed by atoms with Crippen molar-refractivity contribution < 1.29 is 30.3 Å². The monoisotopic (exact) mass is 250 g/mol. The molecule has 0 aromatic heterocycles. The van der Waals surface area contributed by atoms with Crippen molar-refractivity contribution in [3.05, 3.63) is 0 Å². The summed E-state index contributed by atoms with van der Waals surface area (Å²) in [4.78, 5) is 0. The number of ether oxygens (including phenoxy) is 1. The van der Waals surface area contributed by atoms with Gasteiger partial charge in [-0.15, -0.1) is 0 Å². The van der Waals surface area contributed by atoms with Gasteiger partial charge in [-0.25, -0.2) is 0 Å². The van der Waals surface area contributed by atoms with Gasteiger partial charge in [0.25, 0.3) is 0 Å². The molecule has 0 bridgehead atoms. The quantitative estimate of drug-likeness (QED) is 0.397. The van der Waals surface area contributed by atoms with Crippen molar-refractivity contribution in [1.82, 2.24) is 0 Å². The molecule has 1 rings (SSSR count). The lowest BCUT2D eigenvalue weighted by molar-refractivity contribution is -0.428. The van der Waals surface area contributed by atoms with Crippen molar-refractivity contribution in [1.29, 1.82) is 0 Å². The summed E-state index contributed by atoms with van der Waals surface area (Å²) in [6.45, 7) is 6.14. The van der Waals surface area contributed by atoms with Crippen LogP contribution in [0.1, 0.15) is 34.6 Å². The molecule has 1 unspecified atom stereocenters. The first-order valence-electron chi connectivity index (χ1n) is 5.54. The highest BCUT2D eigenvalue weighted by Gasteiger charge is 2.70. The number of hydrogen-bond donors (Lipinski definition) is 5. The minimum Gasteiger partial charge on any atom is -0.391 e. The van der Waals surface area contributed by atoms with Gasteiger partial charge >= 0.3 is 0 Å². The Kier molecular flexibility index (Phi) is 3.16. The highest BCUT2D eigenvalue weighted by atomic mass is 16.7. The van der Waals surface area contributed by atoms with E-state index in [0.29, 0.717) is 0 Å². The second-order valence-corrected chi connectivity index (χ2v) is 5.55. The van der Waals surface area contributed by atoms with E-state index in [1.807, 2.05) is 0 Å². The van der Waals surface area contributed by atoms with Crippen molar-refractivity contribution in [2.24, 2.45) is 0 Å². The molecule has 0 aromatic carbocycles. The van der Waals surface area contributed by atoms with Gasteiger partial charge in [-0.05, 0) is 34.6 Å². The fourth-order valence-corrected chi connectivity index (χ4v) is 2.27. The Labute approximate surface area is 100 Å². The SMILES string of the molecule is CC(O)[C@@H]1O[C@@](C)(O)[C@@](C)(O)[C@](C)(O)[C@]1(C)O. The zero-order valence-electron chi connectivity index (χ0n) is 10.8. The Balaban J connectivity index is 3.34. The van der Waals surface area contributed by atoms with E-state index in [4.69, 9.17) is 4.74 Å². The van der Waals surface area contributed by atoms with Crippen LogP contribution in [0.4, 0.5) is 0 Å². The van der Waals surface area contributed by atoms with Gasteiger partial charge in [-0.1, -0.05) is 0 Å². The molecular formula is C11H22O6. The molecule has 1 aliphatic rings. The van der Waals surface area contributed by atoms with E-state index < -0.39 is 34.8 Å². The fraction of sp³-hybridized carbons (Fsp3) is 1.00. The fourth-order valence-electron chi connectivity index (χ4n) is 2.27. The van der Waals surface area contributed by atoms with Crippen LogP contribution in [0, 0.1) is 0 Å². The second-order valence-electron chi connectivity index (χ2n) is 5.55. The molecule has 6 nitrogen and oxygen atoms in total. The number of hydrogen-bond acceptors (Lipinski definition) is 6. The summed E-state index contributed by atoms with van der Waals surface area (Å²) < 4.78 is 5.15. The zero-order valence-corrected chi connectivity index (χ0v) is 10.8. The maximum absolute atomic E-state index is 10.3. The molecule has 5 N–H and O–H groups in total. The minimum absolute atomic E-state index is 1.13. The van der Waals surface area contributed by atoms with Gasteiger partial charge in [0.15, 0.2) is 5.79 Å². The zero-order chi connectivity index (χ0) is 13.9. The van der Waals surface area contributed by atoms with Crippen LogP contribution in [0.25, 0.3) is 0 Å². The predicted octanol–water partition coefficient (Wildman–Crippen LogP) is -1.27. The van der Waals surface area contributed by atoms with Crippen LogP contribution in [0.2, 0.25) is 0 Å². The van der Waals surface area contributed by atoms with Gasteiger partial charge in [0.05, 0.1) is 6.10 Å². The largest absolute Gasteiger partial charge is 0.391 e. The molecule has 1 fully saturated rings. The maximum Gasteiger partial charge on any atom is 0.195 e. The molecule has 0 spiro atoms. The van der Waals surface area contributed by atoms with E-state index in [-0.39, 0.29) is 0 Å². The molecular weight excluding hydrogens is 228 g/mol. The summed E-state index contributed by atoms with van der Waals surface area (Å²) >= 11 is 0. The van der Waals surface area contributed by atoms with Gasteiger partial charge in [0.1, 0.15) is 22.9 Å². The third-order valence-electron chi connectivity index (χ3n) is 4.19. The first-order valence-corrected chi connectivity index (χ1v) is 5.54. The molecule has 6 atom stereocenters. The summed E-state index contributed by atoms with van der Waals surface area (Å²) in [7, 11) is 0. The minimum atomic E-state index is -2.10. The summed E-state index contributed by atoms with van der Waals surface area (Å²) in [5.74, 6) is -2.10. The van der Waals surface area contributed by atoms with Crippen molar-refractivity contribution in [3.63, 3.8) is 0 Å². The lowest BCUT2D eigenvalue weighted by Crippen LogP contribution is -2.81. The Bertz CT molecular complexity index is 305. The molecule has 17 heavy (non-hydrogen) atoms. The van der Waals surface area contributed by atoms with Crippen molar-refractivity contribution in [3.8, 4) is 0 Å². The standard InChI is InChI=1S/C11H22O6/c1-6(12)7-8(2,13)9(3,14)10(4,15)11(5,16)17-7/h6-7,12-16H,1-5H3/t6?,7-,8+,9+,10-,11+/m0/s1. The van der Waals surface area contributed by atoms with E-state index in [0.717, 1.165) is 0 Å². The Morgan fingerprint density at radius 1 is 0.941 bits per heavy atom. The van der Waals surface area contributed by atoms with Crippen LogP contribution in [0.3, 0.4) is 0 Å². The van der Waals surface area contributed by atoms with Gasteiger partial charge in [0.2, 0.25) is 0 Å². The van der Waals surface area contributed by atoms with E-state index in [1.54, 1.807) is 0 Å². The van der Waals surface area contributed by atoms with Crippen LogP contribution in [0.15, 0.2) is 0 Å². The third-order valence-corrected chi connectivity index (χ3v) is 4.19. The second kappa shape index (κ2) is 3.63. The average molecular weight is 250 g/mol. The molecule has 0 amide bonds. The van der Waals surface area contributed by atoms with Crippen LogP contribution in [-0.2, 0) is 4.74 Å². The van der Waals surface area contributed by atoms with Crippen molar-refractivity contribution >= 4 is 0 Å². The van der Waals surface area contributed by atoms with E-state index in [2.05, 4.69) is 0 Å². The van der Waals surface area contributed by atoms with Crippen LogP contribution < -0.4 is 0 Å². The van der Waals surface area contributed by atoms with E-state index in [9.17, 15) is 25.5 Å². The summed E-state index contributed by atoms with van der Waals surface area (Å²) in [5, 5.41) is 50.4. The van der Waals surface area contributed by atoms with E-state index >= 15 is 0 Å². The summed E-state index contributed by atoms with van der Waals surface area (Å²) in [6.07, 6.45) is -2.35. The molecule has 0 aromatic rings. The highest BCUT2D eigenvalue weighted by molar-refractivity contribution is 5.17. The van der Waals surface area contributed by atoms with Gasteiger partial charge < -0.3 is 30.3 Å². The molecule has 0 saturated carbocycles. The Morgan fingerprint density at radius 2 is 1.35 bits per heavy atom. The molecule has 0 aliphatic carbocycles. The van der Waals surface area contributed by atoms with Crippen LogP contribution in [0.5, 0.6) is 0 Å². The third kappa shape index (κ3) is 1.71. The number of aliphatic hydroxyl groups is 5. The highest BCUT2D eigenvalue weighted by Crippen LogP contribution is 2.48. The lowest BCUT2D eigenvalue weighted by Gasteiger charge is -2.60. The predicted molar refractivity (Wildman–Crippen MR) is 59.0 cm³/mol. The molecule has 102 valence electrons.